The number of benzene rings is 2. The highest BCUT2D eigenvalue weighted by Gasteiger charge is 2.25. The predicted octanol–water partition coefficient (Wildman–Crippen LogP) is 2.32. The summed E-state index contributed by atoms with van der Waals surface area (Å²) in [5.74, 6) is 0.432. The summed E-state index contributed by atoms with van der Waals surface area (Å²) in [4.78, 5) is 14.8. The Hall–Kier alpha value is -3.39. The lowest BCUT2D eigenvalue weighted by Gasteiger charge is -2.34. The van der Waals surface area contributed by atoms with Gasteiger partial charge in [-0.15, -0.1) is 0 Å². The monoisotopic (exact) mass is 409 g/mol. The molecule has 8 heteroatoms. The highest BCUT2D eigenvalue weighted by atomic mass is 19.1. The maximum Gasteiger partial charge on any atom is 0.239 e. The number of H-pyrrole nitrogens is 1. The predicted molar refractivity (Wildman–Crippen MR) is 113 cm³/mol. The van der Waals surface area contributed by atoms with Crippen LogP contribution in [0, 0.1) is 5.82 Å². The van der Waals surface area contributed by atoms with Gasteiger partial charge in [0.15, 0.2) is 0 Å². The zero-order valence-corrected chi connectivity index (χ0v) is 16.7. The third-order valence-electron chi connectivity index (χ3n) is 5.23. The molecule has 2 heterocycles. The summed E-state index contributed by atoms with van der Waals surface area (Å²) >= 11 is 0. The standard InChI is InChI=1S/C22H24FN5O2/c1-30-19-8-2-15(3-9-19)21-16(13-26-27-21)12-25-22(29)20-14-28(11-10-24-20)18-6-4-17(23)5-7-18/h2-9,13,20,24H,10-12,14H2,1H3,(H,25,29)(H,26,27). The van der Waals surface area contributed by atoms with E-state index in [9.17, 15) is 9.18 Å². The molecule has 156 valence electrons. The van der Waals surface area contributed by atoms with Crippen LogP contribution in [0.4, 0.5) is 10.1 Å². The molecule has 0 spiro atoms. The molecular formula is C22H24FN5O2. The van der Waals surface area contributed by atoms with E-state index in [0.29, 0.717) is 19.6 Å². The van der Waals surface area contributed by atoms with E-state index in [1.54, 1.807) is 25.4 Å². The number of hydrogen-bond donors (Lipinski definition) is 3. The Bertz CT molecular complexity index is 988. The van der Waals surface area contributed by atoms with Crippen LogP contribution in [-0.4, -0.2) is 48.9 Å². The number of amides is 1. The van der Waals surface area contributed by atoms with Crippen molar-refractivity contribution >= 4 is 11.6 Å². The zero-order chi connectivity index (χ0) is 20.9. The van der Waals surface area contributed by atoms with E-state index >= 15 is 0 Å². The molecule has 1 amide bonds. The van der Waals surface area contributed by atoms with Gasteiger partial charge in [0.05, 0.1) is 19.0 Å². The van der Waals surface area contributed by atoms with E-state index in [1.165, 1.54) is 12.1 Å². The average molecular weight is 409 g/mol. The lowest BCUT2D eigenvalue weighted by atomic mass is 10.1. The number of halogens is 1. The van der Waals surface area contributed by atoms with Crippen molar-refractivity contribution in [3.05, 3.63) is 66.1 Å². The summed E-state index contributed by atoms with van der Waals surface area (Å²) in [6, 6.07) is 13.7. The van der Waals surface area contributed by atoms with Crippen molar-refractivity contribution in [3.63, 3.8) is 0 Å². The fourth-order valence-corrected chi connectivity index (χ4v) is 3.57. The highest BCUT2D eigenvalue weighted by molar-refractivity contribution is 5.83. The van der Waals surface area contributed by atoms with E-state index in [4.69, 9.17) is 4.74 Å². The van der Waals surface area contributed by atoms with Crippen LogP contribution in [-0.2, 0) is 11.3 Å². The molecule has 0 radical (unpaired) electrons. The number of methoxy groups -OCH3 is 1. The van der Waals surface area contributed by atoms with Crippen molar-refractivity contribution in [2.24, 2.45) is 0 Å². The van der Waals surface area contributed by atoms with Gasteiger partial charge in [-0.1, -0.05) is 0 Å². The van der Waals surface area contributed by atoms with Gasteiger partial charge in [0.25, 0.3) is 0 Å². The maximum absolute atomic E-state index is 13.2. The average Bonchev–Trinajstić information content (AvgIpc) is 3.27. The van der Waals surface area contributed by atoms with Gasteiger partial charge in [0.1, 0.15) is 17.6 Å². The number of ether oxygens (including phenoxy) is 1. The fourth-order valence-electron chi connectivity index (χ4n) is 3.57. The first-order valence-corrected chi connectivity index (χ1v) is 9.82. The van der Waals surface area contributed by atoms with Crippen LogP contribution in [0.25, 0.3) is 11.3 Å². The van der Waals surface area contributed by atoms with Crippen molar-refractivity contribution in [1.29, 1.82) is 0 Å². The molecular weight excluding hydrogens is 385 g/mol. The summed E-state index contributed by atoms with van der Waals surface area (Å²) in [7, 11) is 1.63. The van der Waals surface area contributed by atoms with Crippen molar-refractivity contribution in [2.45, 2.75) is 12.6 Å². The fraction of sp³-hybridized carbons (Fsp3) is 0.273. The number of nitrogens with zero attached hydrogens (tertiary/aromatic N) is 2. The molecule has 3 N–H and O–H groups in total. The first-order chi connectivity index (χ1) is 14.6. The molecule has 1 aromatic heterocycles. The van der Waals surface area contributed by atoms with Crippen LogP contribution < -0.4 is 20.3 Å². The Morgan fingerprint density at radius 2 is 2.00 bits per heavy atom. The summed E-state index contributed by atoms with van der Waals surface area (Å²) in [5, 5.41) is 13.4. The minimum Gasteiger partial charge on any atom is -0.497 e. The van der Waals surface area contributed by atoms with Gasteiger partial charge in [0, 0.05) is 43.0 Å². The quantitative estimate of drug-likeness (QED) is 0.582. The highest BCUT2D eigenvalue weighted by Crippen LogP contribution is 2.23. The Morgan fingerprint density at radius 1 is 1.23 bits per heavy atom. The Balaban J connectivity index is 1.38. The van der Waals surface area contributed by atoms with Crippen LogP contribution in [0.2, 0.25) is 0 Å². The Morgan fingerprint density at radius 3 is 2.73 bits per heavy atom. The van der Waals surface area contributed by atoms with E-state index in [-0.39, 0.29) is 17.8 Å². The van der Waals surface area contributed by atoms with Crippen LogP contribution in [0.3, 0.4) is 0 Å². The van der Waals surface area contributed by atoms with Gasteiger partial charge >= 0.3 is 0 Å². The Kier molecular flexibility index (Phi) is 5.94. The number of carbonyl (C=O) groups is 1. The number of carbonyl (C=O) groups excluding carboxylic acids is 1. The lowest BCUT2D eigenvalue weighted by molar-refractivity contribution is -0.123. The molecule has 30 heavy (non-hydrogen) atoms. The van der Waals surface area contributed by atoms with E-state index in [1.807, 2.05) is 24.3 Å². The van der Waals surface area contributed by atoms with Gasteiger partial charge < -0.3 is 20.3 Å². The molecule has 1 saturated heterocycles. The molecule has 3 aromatic rings. The summed E-state index contributed by atoms with van der Waals surface area (Å²) in [5.41, 5.74) is 3.64. The van der Waals surface area contributed by atoms with Crippen molar-refractivity contribution in [3.8, 4) is 17.0 Å². The normalized spacial score (nSPS) is 16.3. The third kappa shape index (κ3) is 4.44. The summed E-state index contributed by atoms with van der Waals surface area (Å²) in [6.07, 6.45) is 1.72. The topological polar surface area (TPSA) is 82.3 Å². The SMILES string of the molecule is COc1ccc(-c2[nH]ncc2CNC(=O)C2CN(c3ccc(F)cc3)CCN2)cc1. The minimum atomic E-state index is -0.347. The maximum atomic E-state index is 13.2. The van der Waals surface area contributed by atoms with Crippen molar-refractivity contribution < 1.29 is 13.9 Å². The van der Waals surface area contributed by atoms with Gasteiger partial charge in [-0.3, -0.25) is 9.89 Å². The van der Waals surface area contributed by atoms with Crippen LogP contribution in [0.5, 0.6) is 5.75 Å². The number of aromatic amines is 1. The first kappa shape index (κ1) is 19.9. The number of hydrogen-bond acceptors (Lipinski definition) is 5. The largest absolute Gasteiger partial charge is 0.497 e. The Labute approximate surface area is 174 Å². The third-order valence-corrected chi connectivity index (χ3v) is 5.23. The van der Waals surface area contributed by atoms with E-state index in [0.717, 1.165) is 34.8 Å². The molecule has 0 aliphatic carbocycles. The molecule has 1 atom stereocenters. The molecule has 0 bridgehead atoms. The number of rotatable bonds is 6. The number of nitrogens with one attached hydrogen (secondary N) is 3. The van der Waals surface area contributed by atoms with Crippen LogP contribution in [0.1, 0.15) is 5.56 Å². The summed E-state index contributed by atoms with van der Waals surface area (Å²) in [6.45, 7) is 2.33. The van der Waals surface area contributed by atoms with Gasteiger partial charge in [-0.2, -0.15) is 5.10 Å². The first-order valence-electron chi connectivity index (χ1n) is 9.82. The van der Waals surface area contributed by atoms with Gasteiger partial charge in [-0.25, -0.2) is 4.39 Å². The van der Waals surface area contributed by atoms with E-state index < -0.39 is 0 Å². The minimum absolute atomic E-state index is 0.0799. The molecule has 7 nitrogen and oxygen atoms in total. The smallest absolute Gasteiger partial charge is 0.239 e. The van der Waals surface area contributed by atoms with Crippen LogP contribution >= 0.6 is 0 Å². The molecule has 1 unspecified atom stereocenters. The van der Waals surface area contributed by atoms with Crippen molar-refractivity contribution in [2.75, 3.05) is 31.6 Å². The van der Waals surface area contributed by atoms with E-state index in [2.05, 4.69) is 25.7 Å². The van der Waals surface area contributed by atoms with Gasteiger partial charge in [-0.05, 0) is 48.5 Å². The van der Waals surface area contributed by atoms with Crippen LogP contribution in [0.15, 0.2) is 54.7 Å². The second-order valence-electron chi connectivity index (χ2n) is 7.15. The number of aromatic nitrogens is 2. The second kappa shape index (κ2) is 8.96. The number of anilines is 1. The van der Waals surface area contributed by atoms with Crippen molar-refractivity contribution in [1.82, 2.24) is 20.8 Å². The lowest BCUT2D eigenvalue weighted by Crippen LogP contribution is -2.57. The summed E-state index contributed by atoms with van der Waals surface area (Å²) < 4.78 is 18.4. The van der Waals surface area contributed by atoms with Gasteiger partial charge in [0.2, 0.25) is 5.91 Å². The molecule has 1 fully saturated rings. The molecule has 1 aliphatic rings. The molecule has 4 rings (SSSR count). The second-order valence-corrected chi connectivity index (χ2v) is 7.15. The number of piperazine rings is 1. The molecule has 2 aromatic carbocycles. The zero-order valence-electron chi connectivity index (χ0n) is 16.7. The molecule has 1 aliphatic heterocycles. The molecule has 0 saturated carbocycles.